The molecule has 0 aliphatic carbocycles. The van der Waals surface area contributed by atoms with Gasteiger partial charge in [-0.2, -0.15) is 0 Å². The molecule has 5 heteroatoms. The van der Waals surface area contributed by atoms with Crippen LogP contribution in [0.2, 0.25) is 0 Å². The van der Waals surface area contributed by atoms with Crippen LogP contribution in [0.4, 0.5) is 4.79 Å². The van der Waals surface area contributed by atoms with E-state index < -0.39 is 6.09 Å². The van der Waals surface area contributed by atoms with E-state index in [1.54, 1.807) is 4.90 Å². The Labute approximate surface area is 109 Å². The van der Waals surface area contributed by atoms with Crippen LogP contribution in [0.3, 0.4) is 0 Å². The number of carbonyl (C=O) groups is 1. The van der Waals surface area contributed by atoms with Crippen LogP contribution < -0.4 is 0 Å². The van der Waals surface area contributed by atoms with Crippen LogP contribution in [0.1, 0.15) is 19.3 Å². The Bertz CT molecular complexity index is 277. The Balaban J connectivity index is 1.72. The molecule has 2 heterocycles. The number of nitrogens with zero attached hydrogens (tertiary/aromatic N) is 3. The van der Waals surface area contributed by atoms with E-state index in [1.165, 1.54) is 19.5 Å². The number of amides is 1. The molecule has 2 rings (SSSR count). The van der Waals surface area contributed by atoms with Gasteiger partial charge in [0.2, 0.25) is 0 Å². The standard InChI is InChI=1S/C13H25N3O2/c1-14-5-2-6-15(10-9-14)11-12-3-7-16(8-4-12)13(17)18/h12H,2-11H2,1H3,(H,17,18). The molecule has 0 unspecified atom stereocenters. The summed E-state index contributed by atoms with van der Waals surface area (Å²) in [5.41, 5.74) is 0. The van der Waals surface area contributed by atoms with Gasteiger partial charge in [-0.05, 0) is 45.3 Å². The highest BCUT2D eigenvalue weighted by atomic mass is 16.4. The topological polar surface area (TPSA) is 47.0 Å². The van der Waals surface area contributed by atoms with E-state index >= 15 is 0 Å². The van der Waals surface area contributed by atoms with Crippen molar-refractivity contribution in [1.82, 2.24) is 14.7 Å². The van der Waals surface area contributed by atoms with Crippen molar-refractivity contribution in [3.63, 3.8) is 0 Å². The lowest BCUT2D eigenvalue weighted by atomic mass is 9.96. The van der Waals surface area contributed by atoms with Gasteiger partial charge < -0.3 is 19.8 Å². The van der Waals surface area contributed by atoms with E-state index in [0.717, 1.165) is 32.5 Å². The van der Waals surface area contributed by atoms with Gasteiger partial charge in [0.25, 0.3) is 0 Å². The highest BCUT2D eigenvalue weighted by molar-refractivity contribution is 5.64. The minimum Gasteiger partial charge on any atom is -0.465 e. The van der Waals surface area contributed by atoms with Crippen LogP contribution in [0.5, 0.6) is 0 Å². The highest BCUT2D eigenvalue weighted by Crippen LogP contribution is 2.19. The van der Waals surface area contributed by atoms with Crippen LogP contribution in [0, 0.1) is 5.92 Å². The number of likely N-dealkylation sites (tertiary alicyclic amines) is 1. The normalized spacial score (nSPS) is 25.1. The molecule has 18 heavy (non-hydrogen) atoms. The third kappa shape index (κ3) is 3.85. The molecule has 0 radical (unpaired) electrons. The monoisotopic (exact) mass is 255 g/mol. The van der Waals surface area contributed by atoms with Crippen molar-refractivity contribution >= 4 is 6.09 Å². The molecule has 0 spiro atoms. The summed E-state index contributed by atoms with van der Waals surface area (Å²) in [7, 11) is 2.19. The summed E-state index contributed by atoms with van der Waals surface area (Å²) in [5, 5.41) is 8.92. The fraction of sp³-hybridized carbons (Fsp3) is 0.923. The minimum atomic E-state index is -0.759. The summed E-state index contributed by atoms with van der Waals surface area (Å²) in [4.78, 5) is 17.3. The largest absolute Gasteiger partial charge is 0.465 e. The second kappa shape index (κ2) is 6.38. The van der Waals surface area contributed by atoms with E-state index in [9.17, 15) is 4.79 Å². The first kappa shape index (κ1) is 13.6. The molecule has 2 fully saturated rings. The minimum absolute atomic E-state index is 0.684. The number of likely N-dealkylation sites (N-methyl/N-ethyl adjacent to an activating group) is 1. The number of rotatable bonds is 2. The van der Waals surface area contributed by atoms with Crippen molar-refractivity contribution < 1.29 is 9.90 Å². The molecule has 2 saturated heterocycles. The third-order valence-corrected chi connectivity index (χ3v) is 4.21. The quantitative estimate of drug-likeness (QED) is 0.800. The molecule has 0 atom stereocenters. The van der Waals surface area contributed by atoms with Crippen LogP contribution in [0.25, 0.3) is 0 Å². The maximum Gasteiger partial charge on any atom is 0.407 e. The van der Waals surface area contributed by atoms with Crippen molar-refractivity contribution in [3.8, 4) is 0 Å². The molecule has 104 valence electrons. The van der Waals surface area contributed by atoms with Gasteiger partial charge in [0.15, 0.2) is 0 Å². The van der Waals surface area contributed by atoms with Crippen LogP contribution >= 0.6 is 0 Å². The molecule has 2 aliphatic heterocycles. The molecule has 1 amide bonds. The first-order valence-corrected chi connectivity index (χ1v) is 7.04. The van der Waals surface area contributed by atoms with Gasteiger partial charge in [-0.25, -0.2) is 4.79 Å². The summed E-state index contributed by atoms with van der Waals surface area (Å²) >= 11 is 0. The molecule has 5 nitrogen and oxygen atoms in total. The van der Waals surface area contributed by atoms with Crippen molar-refractivity contribution in [3.05, 3.63) is 0 Å². The smallest absolute Gasteiger partial charge is 0.407 e. The first-order valence-electron chi connectivity index (χ1n) is 7.04. The maximum atomic E-state index is 10.8. The first-order chi connectivity index (χ1) is 8.65. The summed E-state index contributed by atoms with van der Waals surface area (Å²) in [6.07, 6.45) is 2.55. The van der Waals surface area contributed by atoms with Gasteiger partial charge in [0.05, 0.1) is 0 Å². The van der Waals surface area contributed by atoms with Gasteiger partial charge >= 0.3 is 6.09 Å². The number of carboxylic acid groups (broad SMARTS) is 1. The van der Waals surface area contributed by atoms with Gasteiger partial charge in [-0.15, -0.1) is 0 Å². The van der Waals surface area contributed by atoms with E-state index in [1.807, 2.05) is 0 Å². The summed E-state index contributed by atoms with van der Waals surface area (Å²) in [5.74, 6) is 0.684. The Kier molecular flexibility index (Phi) is 4.83. The van der Waals surface area contributed by atoms with E-state index in [-0.39, 0.29) is 0 Å². The fourth-order valence-electron chi connectivity index (χ4n) is 2.95. The third-order valence-electron chi connectivity index (χ3n) is 4.21. The highest BCUT2D eigenvalue weighted by Gasteiger charge is 2.24. The Morgan fingerprint density at radius 2 is 1.83 bits per heavy atom. The molecule has 0 aromatic heterocycles. The van der Waals surface area contributed by atoms with Gasteiger partial charge in [-0.3, -0.25) is 0 Å². The van der Waals surface area contributed by atoms with Gasteiger partial charge in [-0.1, -0.05) is 0 Å². The van der Waals surface area contributed by atoms with E-state index in [2.05, 4.69) is 16.8 Å². The molecular weight excluding hydrogens is 230 g/mol. The van der Waals surface area contributed by atoms with Crippen molar-refractivity contribution in [2.24, 2.45) is 5.92 Å². The average molecular weight is 255 g/mol. The molecule has 0 aromatic carbocycles. The van der Waals surface area contributed by atoms with Gasteiger partial charge in [0.1, 0.15) is 0 Å². The zero-order valence-corrected chi connectivity index (χ0v) is 11.3. The zero-order valence-electron chi connectivity index (χ0n) is 11.3. The Morgan fingerprint density at radius 1 is 1.11 bits per heavy atom. The molecule has 0 aromatic rings. The number of hydrogen-bond donors (Lipinski definition) is 1. The number of hydrogen-bond acceptors (Lipinski definition) is 3. The van der Waals surface area contributed by atoms with Crippen molar-refractivity contribution in [2.75, 3.05) is 52.9 Å². The fourth-order valence-corrected chi connectivity index (χ4v) is 2.95. The summed E-state index contributed by atoms with van der Waals surface area (Å²) in [6.45, 7) is 7.31. The SMILES string of the molecule is CN1CCCN(CC2CCN(C(=O)O)CC2)CC1. The Hall–Kier alpha value is -0.810. The lowest BCUT2D eigenvalue weighted by Crippen LogP contribution is -2.41. The molecule has 0 bridgehead atoms. The molecule has 1 N–H and O–H groups in total. The molecule has 0 saturated carbocycles. The predicted octanol–water partition coefficient (Wildman–Crippen LogP) is 1.01. The lowest BCUT2D eigenvalue weighted by molar-refractivity contribution is 0.114. The number of piperidine rings is 1. The van der Waals surface area contributed by atoms with Crippen molar-refractivity contribution in [1.29, 1.82) is 0 Å². The van der Waals surface area contributed by atoms with Crippen molar-refractivity contribution in [2.45, 2.75) is 19.3 Å². The van der Waals surface area contributed by atoms with Gasteiger partial charge in [0, 0.05) is 32.7 Å². The second-order valence-corrected chi connectivity index (χ2v) is 5.67. The Morgan fingerprint density at radius 3 is 2.50 bits per heavy atom. The van der Waals surface area contributed by atoms with Crippen LogP contribution in [-0.2, 0) is 0 Å². The van der Waals surface area contributed by atoms with E-state index in [0.29, 0.717) is 19.0 Å². The molecular formula is C13H25N3O2. The molecule has 2 aliphatic rings. The van der Waals surface area contributed by atoms with Crippen LogP contribution in [-0.4, -0.2) is 78.8 Å². The zero-order chi connectivity index (χ0) is 13.0. The van der Waals surface area contributed by atoms with E-state index in [4.69, 9.17) is 5.11 Å². The predicted molar refractivity (Wildman–Crippen MR) is 70.9 cm³/mol. The summed E-state index contributed by atoms with van der Waals surface area (Å²) in [6, 6.07) is 0. The lowest BCUT2D eigenvalue weighted by Gasteiger charge is -2.33. The summed E-state index contributed by atoms with van der Waals surface area (Å²) < 4.78 is 0. The maximum absolute atomic E-state index is 10.8. The average Bonchev–Trinajstić information content (AvgIpc) is 2.55. The van der Waals surface area contributed by atoms with Crippen LogP contribution in [0.15, 0.2) is 0 Å². The second-order valence-electron chi connectivity index (χ2n) is 5.67.